The van der Waals surface area contributed by atoms with Gasteiger partial charge in [0.05, 0.1) is 25.2 Å². The molecule has 10 nitrogen and oxygen atoms in total. The lowest BCUT2D eigenvalue weighted by Crippen LogP contribution is -2.57. The summed E-state index contributed by atoms with van der Waals surface area (Å²) in [7, 11) is -1.16. The molecule has 0 N–H and O–H groups in total. The molecule has 0 radical (unpaired) electrons. The molecule has 3 rings (SSSR count). The zero-order chi connectivity index (χ0) is 27.9. The van der Waals surface area contributed by atoms with E-state index >= 15 is 0 Å². The molecule has 206 valence electrons. The smallest absolute Gasteiger partial charge is 0.327 e. The average Bonchev–Trinajstić information content (AvgIpc) is 3.12. The van der Waals surface area contributed by atoms with E-state index in [0.29, 0.717) is 17.9 Å². The van der Waals surface area contributed by atoms with Crippen LogP contribution in [0.25, 0.3) is 0 Å². The number of rotatable bonds is 10. The molecule has 1 heterocycles. The first-order valence-corrected chi connectivity index (χ1v) is 13.5. The Kier molecular flexibility index (Phi) is 9.53. The molecule has 1 amide bonds. The minimum absolute atomic E-state index is 0.00914. The van der Waals surface area contributed by atoms with Gasteiger partial charge in [-0.1, -0.05) is 24.3 Å². The fourth-order valence-corrected chi connectivity index (χ4v) is 5.49. The molecule has 11 heteroatoms. The minimum atomic E-state index is -4.20. The van der Waals surface area contributed by atoms with Crippen LogP contribution in [0.2, 0.25) is 0 Å². The second kappa shape index (κ2) is 12.4. The van der Waals surface area contributed by atoms with Crippen LogP contribution >= 0.6 is 0 Å². The van der Waals surface area contributed by atoms with E-state index in [4.69, 9.17) is 19.0 Å². The number of sulfonamides is 1. The lowest BCUT2D eigenvalue weighted by atomic mass is 10.0. The van der Waals surface area contributed by atoms with Crippen LogP contribution in [0.1, 0.15) is 32.8 Å². The van der Waals surface area contributed by atoms with Gasteiger partial charge in [-0.25, -0.2) is 13.5 Å². The van der Waals surface area contributed by atoms with Crippen LogP contribution in [-0.2, 0) is 35.8 Å². The van der Waals surface area contributed by atoms with Gasteiger partial charge in [0.1, 0.15) is 29.7 Å². The van der Waals surface area contributed by atoms with Crippen molar-refractivity contribution in [3.05, 3.63) is 66.2 Å². The monoisotopic (exact) mass is 546 g/mol. The predicted molar refractivity (Wildman–Crippen MR) is 140 cm³/mol. The van der Waals surface area contributed by atoms with E-state index in [1.54, 1.807) is 64.3 Å². The number of hydroxylamine groups is 2. The molecule has 1 aliphatic heterocycles. The van der Waals surface area contributed by atoms with Crippen LogP contribution in [-0.4, -0.2) is 68.6 Å². The van der Waals surface area contributed by atoms with E-state index in [9.17, 15) is 18.0 Å². The molecule has 2 aromatic rings. The molecule has 0 fully saturated rings. The van der Waals surface area contributed by atoms with Gasteiger partial charge in [0.15, 0.2) is 0 Å². The third kappa shape index (κ3) is 7.12. The van der Waals surface area contributed by atoms with Crippen molar-refractivity contribution in [2.75, 3.05) is 20.8 Å². The third-order valence-electron chi connectivity index (χ3n) is 5.79. The van der Waals surface area contributed by atoms with Crippen molar-refractivity contribution in [2.45, 2.75) is 56.4 Å². The fraction of sp³-hybridized carbons (Fsp3) is 0.407. The Labute approximate surface area is 223 Å². The number of benzene rings is 2. The Morgan fingerprint density at radius 3 is 2.11 bits per heavy atom. The Morgan fingerprint density at radius 2 is 1.58 bits per heavy atom. The average molecular weight is 547 g/mol. The number of hydrogen-bond acceptors (Lipinski definition) is 8. The summed E-state index contributed by atoms with van der Waals surface area (Å²) in [4.78, 5) is 31.5. The summed E-state index contributed by atoms with van der Waals surface area (Å²) in [5.41, 5.74) is -0.147. The topological polar surface area (TPSA) is 112 Å². The number of amides is 1. The molecule has 0 saturated heterocycles. The van der Waals surface area contributed by atoms with Crippen LogP contribution in [0, 0.1) is 0 Å². The third-order valence-corrected chi connectivity index (χ3v) is 7.65. The zero-order valence-corrected chi connectivity index (χ0v) is 23.0. The van der Waals surface area contributed by atoms with Gasteiger partial charge in [-0.15, -0.1) is 0 Å². The van der Waals surface area contributed by atoms with Crippen LogP contribution in [0.5, 0.6) is 11.5 Å². The summed E-state index contributed by atoms with van der Waals surface area (Å²) in [5.74, 6) is 0.364. The molecule has 1 aliphatic rings. The van der Waals surface area contributed by atoms with Crippen molar-refractivity contribution in [2.24, 2.45) is 0 Å². The highest BCUT2D eigenvalue weighted by Crippen LogP contribution is 2.29. The second-order valence-electron chi connectivity index (χ2n) is 9.59. The largest absolute Gasteiger partial charge is 0.497 e. The minimum Gasteiger partial charge on any atom is -0.497 e. The number of carbonyl (C=O) groups excluding carboxylic acids is 2. The summed E-state index contributed by atoms with van der Waals surface area (Å²) in [5, 5.41) is 0.991. The first-order chi connectivity index (χ1) is 18.0. The van der Waals surface area contributed by atoms with Gasteiger partial charge in [-0.3, -0.25) is 14.4 Å². The number of carbonyl (C=O) groups is 2. The first kappa shape index (κ1) is 29.2. The number of methoxy groups -OCH3 is 2. The first-order valence-electron chi connectivity index (χ1n) is 12.0. The lowest BCUT2D eigenvalue weighted by molar-refractivity contribution is -0.202. The highest BCUT2D eigenvalue weighted by atomic mass is 32.2. The van der Waals surface area contributed by atoms with Crippen LogP contribution in [0.15, 0.2) is 65.6 Å². The molecule has 0 aliphatic carbocycles. The van der Waals surface area contributed by atoms with Gasteiger partial charge in [-0.2, -0.15) is 4.31 Å². The zero-order valence-electron chi connectivity index (χ0n) is 22.2. The Balaban J connectivity index is 1.98. The molecule has 2 atom stereocenters. The maximum Gasteiger partial charge on any atom is 0.327 e. The molecule has 2 unspecified atom stereocenters. The van der Waals surface area contributed by atoms with Crippen molar-refractivity contribution in [1.29, 1.82) is 0 Å². The molecular formula is C27H34N2O8S. The van der Waals surface area contributed by atoms with Gasteiger partial charge in [0.2, 0.25) is 16.4 Å². The maximum absolute atomic E-state index is 13.8. The number of nitrogens with zero attached hydrogens (tertiary/aromatic N) is 2. The normalized spacial score (nSPS) is 18.3. The van der Waals surface area contributed by atoms with Gasteiger partial charge in [0, 0.05) is 6.54 Å². The quantitative estimate of drug-likeness (QED) is 0.193. The van der Waals surface area contributed by atoms with E-state index < -0.39 is 33.7 Å². The summed E-state index contributed by atoms with van der Waals surface area (Å²) >= 11 is 0. The van der Waals surface area contributed by atoms with Gasteiger partial charge >= 0.3 is 5.97 Å². The maximum atomic E-state index is 13.8. The lowest BCUT2D eigenvalue weighted by Gasteiger charge is -2.37. The highest BCUT2D eigenvalue weighted by Gasteiger charge is 2.46. The number of esters is 1. The number of ether oxygens (including phenoxy) is 3. The summed E-state index contributed by atoms with van der Waals surface area (Å²) in [6.45, 7) is 4.98. The van der Waals surface area contributed by atoms with Crippen molar-refractivity contribution >= 4 is 22.4 Å². The van der Waals surface area contributed by atoms with Gasteiger partial charge < -0.3 is 14.2 Å². The molecule has 2 aromatic carbocycles. The Bertz CT molecular complexity index is 1220. The molecule has 38 heavy (non-hydrogen) atoms. The molecular weight excluding hydrogens is 512 g/mol. The van der Waals surface area contributed by atoms with Gasteiger partial charge in [0.25, 0.3) is 0 Å². The van der Waals surface area contributed by atoms with Crippen molar-refractivity contribution in [3.63, 3.8) is 0 Å². The Hall–Kier alpha value is -3.41. The van der Waals surface area contributed by atoms with E-state index in [1.165, 1.54) is 31.4 Å². The summed E-state index contributed by atoms with van der Waals surface area (Å²) < 4.78 is 44.6. The van der Waals surface area contributed by atoms with Crippen molar-refractivity contribution < 1.29 is 37.1 Å². The van der Waals surface area contributed by atoms with Crippen LogP contribution in [0.4, 0.5) is 0 Å². The van der Waals surface area contributed by atoms with E-state index in [2.05, 4.69) is 0 Å². The highest BCUT2D eigenvalue weighted by molar-refractivity contribution is 7.89. The standard InChI is InChI=1S/C27H34N2O8S/c1-27(2,3)37-26(31)25-24(28(19-30)36-18-20-9-11-21(34-4)12-10-20)8-6-7-17-29(25)38(32,33)23-15-13-22(35-5)14-16-23/h6-7,9-16,19,24-25H,8,17-18H2,1-5H3. The molecule has 0 spiro atoms. The van der Waals surface area contributed by atoms with Crippen LogP contribution in [0.3, 0.4) is 0 Å². The second-order valence-corrected chi connectivity index (χ2v) is 11.5. The fourth-order valence-electron chi connectivity index (χ4n) is 3.93. The summed E-state index contributed by atoms with van der Waals surface area (Å²) in [6.07, 6.45) is 3.98. The van der Waals surface area contributed by atoms with Crippen LogP contribution < -0.4 is 9.47 Å². The van der Waals surface area contributed by atoms with Crippen molar-refractivity contribution in [3.8, 4) is 11.5 Å². The predicted octanol–water partition coefficient (Wildman–Crippen LogP) is 3.32. The Morgan fingerprint density at radius 1 is 1.00 bits per heavy atom. The van der Waals surface area contributed by atoms with E-state index in [1.807, 2.05) is 0 Å². The van der Waals surface area contributed by atoms with Crippen molar-refractivity contribution in [1.82, 2.24) is 9.37 Å². The SMILES string of the molecule is COc1ccc(CON(C=O)C2CC=CCN(S(=O)(=O)c3ccc(OC)cc3)C2C(=O)OC(C)(C)C)cc1. The summed E-state index contributed by atoms with van der Waals surface area (Å²) in [6, 6.07) is 10.6. The molecule has 0 saturated carbocycles. The van der Waals surface area contributed by atoms with Gasteiger partial charge in [-0.05, 0) is 69.2 Å². The molecule has 0 aromatic heterocycles. The van der Waals surface area contributed by atoms with E-state index in [0.717, 1.165) is 14.9 Å². The van der Waals surface area contributed by atoms with E-state index in [-0.39, 0.29) is 24.5 Å². The molecule has 0 bridgehead atoms. The number of hydrogen-bond donors (Lipinski definition) is 0.